The van der Waals surface area contributed by atoms with Gasteiger partial charge in [0.2, 0.25) is 0 Å². The van der Waals surface area contributed by atoms with Crippen LogP contribution in [0.5, 0.6) is 0 Å². The van der Waals surface area contributed by atoms with E-state index in [1.807, 2.05) is 30.3 Å². The van der Waals surface area contributed by atoms with Gasteiger partial charge in [-0.05, 0) is 48.8 Å². The van der Waals surface area contributed by atoms with Crippen molar-refractivity contribution in [2.75, 3.05) is 7.05 Å². The minimum absolute atomic E-state index is 0.0627. The number of aromatic nitrogens is 2. The number of hydrogen-bond acceptors (Lipinski definition) is 3. The van der Waals surface area contributed by atoms with Crippen LogP contribution in [0.4, 0.5) is 0 Å². The van der Waals surface area contributed by atoms with Gasteiger partial charge in [0.05, 0.1) is 10.9 Å². The van der Waals surface area contributed by atoms with E-state index >= 15 is 0 Å². The number of hydrogen-bond donors (Lipinski definition) is 1. The van der Waals surface area contributed by atoms with Gasteiger partial charge in [-0.15, -0.1) is 0 Å². The normalized spacial score (nSPS) is 14.8. The summed E-state index contributed by atoms with van der Waals surface area (Å²) >= 11 is 5.51. The number of carbonyl (C=O) groups is 1. The molecule has 1 aromatic heterocycles. The van der Waals surface area contributed by atoms with Crippen LogP contribution in [-0.4, -0.2) is 27.4 Å². The lowest BCUT2D eigenvalue weighted by molar-refractivity contribution is 0.0785. The summed E-state index contributed by atoms with van der Waals surface area (Å²) in [5.41, 5.74) is 2.16. The third-order valence-corrected chi connectivity index (χ3v) is 6.02. The number of benzene rings is 2. The Hall–Kier alpha value is -2.73. The first-order valence-electron chi connectivity index (χ1n) is 10.1. The van der Waals surface area contributed by atoms with Crippen LogP contribution in [0.1, 0.15) is 54.1 Å². The summed E-state index contributed by atoms with van der Waals surface area (Å²) in [6.07, 6.45) is 5.46. The van der Waals surface area contributed by atoms with Gasteiger partial charge >= 0.3 is 0 Å². The number of H-pyrrole nitrogens is 1. The molecule has 4 rings (SSSR count). The van der Waals surface area contributed by atoms with Crippen LogP contribution < -0.4 is 5.56 Å². The highest BCUT2D eigenvalue weighted by molar-refractivity contribution is 7.71. The fourth-order valence-electron chi connectivity index (χ4n) is 4.18. The van der Waals surface area contributed by atoms with Crippen LogP contribution in [0.25, 0.3) is 10.9 Å². The third kappa shape index (κ3) is 4.03. The number of nitrogens with one attached hydrogen (secondary N) is 1. The van der Waals surface area contributed by atoms with Gasteiger partial charge in [0.15, 0.2) is 4.77 Å². The van der Waals surface area contributed by atoms with E-state index in [1.54, 1.807) is 34.7 Å². The predicted octanol–water partition coefficient (Wildman–Crippen LogP) is 4.84. The average molecular weight is 408 g/mol. The van der Waals surface area contributed by atoms with E-state index < -0.39 is 0 Å². The molecule has 0 bridgehead atoms. The maximum Gasteiger partial charge on any atom is 0.262 e. The van der Waals surface area contributed by atoms with Crippen molar-refractivity contribution < 1.29 is 4.79 Å². The molecule has 0 radical (unpaired) electrons. The fourth-order valence-corrected chi connectivity index (χ4v) is 4.53. The van der Waals surface area contributed by atoms with Crippen molar-refractivity contribution >= 4 is 29.0 Å². The summed E-state index contributed by atoms with van der Waals surface area (Å²) in [5, 5.41) is 0.575. The van der Waals surface area contributed by atoms with Crippen molar-refractivity contribution in [1.29, 1.82) is 0 Å². The zero-order valence-corrected chi connectivity index (χ0v) is 17.4. The van der Waals surface area contributed by atoms with Gasteiger partial charge in [0, 0.05) is 25.2 Å². The van der Waals surface area contributed by atoms with Crippen molar-refractivity contribution in [1.82, 2.24) is 14.5 Å². The predicted molar refractivity (Wildman–Crippen MR) is 118 cm³/mol. The first kappa shape index (κ1) is 19.6. The summed E-state index contributed by atoms with van der Waals surface area (Å²) in [5.74, 6) is -0.0912. The van der Waals surface area contributed by atoms with Crippen molar-refractivity contribution in [3.63, 3.8) is 0 Å². The smallest absolute Gasteiger partial charge is 0.262 e. The molecule has 6 heteroatoms. The van der Waals surface area contributed by atoms with E-state index in [0.717, 1.165) is 31.2 Å². The minimum Gasteiger partial charge on any atom is -0.337 e. The Labute approximate surface area is 175 Å². The fraction of sp³-hybridized carbons (Fsp3) is 0.348. The Balaban J connectivity index is 1.65. The van der Waals surface area contributed by atoms with Crippen LogP contribution in [0.2, 0.25) is 0 Å². The SMILES string of the molecule is CN(Cc1ccccc1)C(=O)c1ccc2c(=O)n(C3CCCCC3)c(=S)[nH]c2c1. The standard InChI is InChI=1S/C23H25N3O2S/c1-25(15-16-8-4-2-5-9-16)21(27)17-12-13-19-20(14-17)24-23(29)26(22(19)28)18-10-6-3-7-11-18/h2,4-5,8-9,12-14,18H,3,6-7,10-11,15H2,1H3,(H,24,29). The molecule has 1 saturated carbocycles. The number of nitrogens with zero attached hydrogens (tertiary/aromatic N) is 2. The van der Waals surface area contributed by atoms with Crippen LogP contribution in [-0.2, 0) is 6.54 Å². The van der Waals surface area contributed by atoms with Crippen molar-refractivity contribution in [2.24, 2.45) is 0 Å². The number of rotatable bonds is 4. The van der Waals surface area contributed by atoms with Crippen molar-refractivity contribution in [2.45, 2.75) is 44.7 Å². The third-order valence-electron chi connectivity index (χ3n) is 5.73. The molecule has 29 heavy (non-hydrogen) atoms. The summed E-state index contributed by atoms with van der Waals surface area (Å²) in [7, 11) is 1.78. The molecule has 0 spiro atoms. The zero-order chi connectivity index (χ0) is 20.4. The first-order chi connectivity index (χ1) is 14.0. The van der Waals surface area contributed by atoms with E-state index in [4.69, 9.17) is 12.2 Å². The molecule has 1 heterocycles. The highest BCUT2D eigenvalue weighted by atomic mass is 32.1. The van der Waals surface area contributed by atoms with Crippen LogP contribution in [0.15, 0.2) is 53.3 Å². The quantitative estimate of drug-likeness (QED) is 0.630. The largest absolute Gasteiger partial charge is 0.337 e. The highest BCUT2D eigenvalue weighted by Gasteiger charge is 2.20. The molecule has 0 aliphatic heterocycles. The molecule has 1 aliphatic rings. The van der Waals surface area contributed by atoms with Gasteiger partial charge in [-0.25, -0.2) is 0 Å². The topological polar surface area (TPSA) is 58.1 Å². The molecule has 5 nitrogen and oxygen atoms in total. The maximum absolute atomic E-state index is 13.1. The number of amides is 1. The molecule has 0 atom stereocenters. The van der Waals surface area contributed by atoms with E-state index in [-0.39, 0.29) is 17.5 Å². The Morgan fingerprint density at radius 2 is 1.86 bits per heavy atom. The summed E-state index contributed by atoms with van der Waals surface area (Å²) in [4.78, 5) is 30.8. The maximum atomic E-state index is 13.1. The molecule has 0 saturated heterocycles. The lowest BCUT2D eigenvalue weighted by atomic mass is 9.95. The molecular formula is C23H25N3O2S. The first-order valence-corrected chi connectivity index (χ1v) is 10.5. The monoisotopic (exact) mass is 407 g/mol. The van der Waals surface area contributed by atoms with Gasteiger partial charge in [-0.3, -0.25) is 14.2 Å². The van der Waals surface area contributed by atoms with Crippen LogP contribution >= 0.6 is 12.2 Å². The minimum atomic E-state index is -0.0912. The van der Waals surface area contributed by atoms with E-state index in [1.165, 1.54) is 6.42 Å². The van der Waals surface area contributed by atoms with Gasteiger partial charge in [0.1, 0.15) is 0 Å². The van der Waals surface area contributed by atoms with E-state index in [0.29, 0.717) is 27.8 Å². The molecule has 1 aliphatic carbocycles. The number of fused-ring (bicyclic) bond motifs is 1. The molecule has 2 aromatic carbocycles. The highest BCUT2D eigenvalue weighted by Crippen LogP contribution is 2.27. The Morgan fingerprint density at radius 1 is 1.14 bits per heavy atom. The summed E-state index contributed by atoms with van der Waals surface area (Å²) < 4.78 is 2.18. The molecule has 0 unspecified atom stereocenters. The Kier molecular flexibility index (Phi) is 5.62. The molecular weight excluding hydrogens is 382 g/mol. The lowest BCUT2D eigenvalue weighted by Gasteiger charge is -2.24. The zero-order valence-electron chi connectivity index (χ0n) is 16.6. The van der Waals surface area contributed by atoms with Crippen LogP contribution in [0, 0.1) is 4.77 Å². The van der Waals surface area contributed by atoms with E-state index in [2.05, 4.69) is 4.98 Å². The Morgan fingerprint density at radius 3 is 2.59 bits per heavy atom. The van der Waals surface area contributed by atoms with Gasteiger partial charge in [-0.2, -0.15) is 0 Å². The van der Waals surface area contributed by atoms with Gasteiger partial charge in [0.25, 0.3) is 11.5 Å². The molecule has 150 valence electrons. The second kappa shape index (κ2) is 8.33. The molecule has 1 amide bonds. The number of carbonyl (C=O) groups excluding carboxylic acids is 1. The van der Waals surface area contributed by atoms with Crippen molar-refractivity contribution in [3.05, 3.63) is 74.8 Å². The second-order valence-electron chi connectivity index (χ2n) is 7.80. The molecule has 1 N–H and O–H groups in total. The lowest BCUT2D eigenvalue weighted by Crippen LogP contribution is -2.28. The summed E-state index contributed by atoms with van der Waals surface area (Å²) in [6, 6.07) is 15.2. The van der Waals surface area contributed by atoms with Gasteiger partial charge < -0.3 is 9.88 Å². The average Bonchev–Trinajstić information content (AvgIpc) is 2.74. The Bertz CT molecular complexity index is 1140. The van der Waals surface area contributed by atoms with Gasteiger partial charge in [-0.1, -0.05) is 49.6 Å². The number of aromatic amines is 1. The van der Waals surface area contributed by atoms with Crippen LogP contribution in [0.3, 0.4) is 0 Å². The van der Waals surface area contributed by atoms with Crippen molar-refractivity contribution in [3.8, 4) is 0 Å². The second-order valence-corrected chi connectivity index (χ2v) is 8.19. The molecule has 1 fully saturated rings. The molecule has 3 aromatic rings. The van der Waals surface area contributed by atoms with E-state index in [9.17, 15) is 9.59 Å². The summed E-state index contributed by atoms with van der Waals surface area (Å²) in [6.45, 7) is 0.525.